The van der Waals surface area contributed by atoms with Crippen LogP contribution in [0.5, 0.6) is 0 Å². The SMILES string of the molecule is CCCCCCCCCCCCCCCC(=O)OC(C(=O)O)[C@H](COP(=O)(O)OCC[N+](C)(C)C)OC1CC[C@@]2(C)C(=CCC3C2CC[C@@]2(C)C3CC[C@@H]2[C@H](C)CCCC(C)C)C1. The number of esters is 1. The van der Waals surface area contributed by atoms with E-state index in [0.29, 0.717) is 41.1 Å². The first-order chi connectivity index (χ1) is 29.8. The van der Waals surface area contributed by atoms with Crippen LogP contribution >= 0.6 is 7.82 Å². The number of carbonyl (C=O) groups is 2. The van der Waals surface area contributed by atoms with E-state index in [2.05, 4.69) is 47.6 Å². The van der Waals surface area contributed by atoms with Crippen molar-refractivity contribution in [2.24, 2.45) is 46.3 Å². The van der Waals surface area contributed by atoms with Gasteiger partial charge in [-0.05, 0) is 104 Å². The Bertz CT molecular complexity index is 1460. The van der Waals surface area contributed by atoms with Crippen molar-refractivity contribution in [3.05, 3.63) is 11.6 Å². The average molecular weight is 909 g/mol. The molecule has 0 heterocycles. The van der Waals surface area contributed by atoms with E-state index in [0.717, 1.165) is 62.2 Å². The molecule has 2 N–H and O–H groups in total. The van der Waals surface area contributed by atoms with Crippen LogP contribution in [-0.2, 0) is 32.7 Å². The molecule has 366 valence electrons. The molecule has 0 saturated heterocycles. The summed E-state index contributed by atoms with van der Waals surface area (Å²) in [4.78, 5) is 36.6. The highest BCUT2D eigenvalue weighted by molar-refractivity contribution is 7.47. The van der Waals surface area contributed by atoms with E-state index in [1.54, 1.807) is 0 Å². The van der Waals surface area contributed by atoms with Gasteiger partial charge < -0.3 is 24.0 Å². The summed E-state index contributed by atoms with van der Waals surface area (Å²) in [6, 6.07) is 0. The summed E-state index contributed by atoms with van der Waals surface area (Å²) in [7, 11) is 1.29. The van der Waals surface area contributed by atoms with Gasteiger partial charge in [-0.2, -0.15) is 0 Å². The van der Waals surface area contributed by atoms with Gasteiger partial charge in [-0.3, -0.25) is 13.8 Å². The lowest BCUT2D eigenvalue weighted by Gasteiger charge is -2.58. The minimum absolute atomic E-state index is 0.0191. The van der Waals surface area contributed by atoms with E-state index in [1.807, 2.05) is 21.1 Å². The first kappa shape index (κ1) is 54.3. The third-order valence-electron chi connectivity index (χ3n) is 16.4. The predicted octanol–water partition coefficient (Wildman–Crippen LogP) is 13.1. The number of phosphoric ester groups is 1. The van der Waals surface area contributed by atoms with Crippen molar-refractivity contribution in [3.8, 4) is 0 Å². The van der Waals surface area contributed by atoms with Crippen molar-refractivity contribution in [2.45, 2.75) is 220 Å². The molecule has 3 fully saturated rings. The largest absolute Gasteiger partial charge is 0.478 e. The number of likely N-dealkylation sites (N-methyl/N-ethyl adjacent to an activating group) is 1. The summed E-state index contributed by atoms with van der Waals surface area (Å²) in [6.45, 7) is 14.4. The molecule has 11 heteroatoms. The topological polar surface area (TPSA) is 129 Å². The number of hydrogen-bond donors (Lipinski definition) is 2. The zero-order chi connectivity index (χ0) is 46.3. The maximum Gasteiger partial charge on any atom is 0.472 e. The Hall–Kier alpha value is -1.29. The second-order valence-corrected chi connectivity index (χ2v) is 24.1. The number of aliphatic carboxylic acids is 1. The number of rotatable bonds is 31. The molecule has 10 nitrogen and oxygen atoms in total. The zero-order valence-electron chi connectivity index (χ0n) is 41.7. The minimum atomic E-state index is -4.56. The summed E-state index contributed by atoms with van der Waals surface area (Å²) in [5.41, 5.74) is 1.86. The van der Waals surface area contributed by atoms with Gasteiger partial charge in [0.15, 0.2) is 0 Å². The lowest BCUT2D eigenvalue weighted by molar-refractivity contribution is -0.870. The normalized spacial score (nSPS) is 29.5. The molecule has 0 aromatic rings. The number of quaternary nitrogens is 1. The van der Waals surface area contributed by atoms with E-state index >= 15 is 0 Å². The smallest absolute Gasteiger partial charge is 0.472 e. The molecule has 0 bridgehead atoms. The van der Waals surface area contributed by atoms with Crippen LogP contribution in [0.25, 0.3) is 0 Å². The van der Waals surface area contributed by atoms with Crippen LogP contribution in [0.1, 0.15) is 202 Å². The molecule has 4 rings (SSSR count). The second-order valence-electron chi connectivity index (χ2n) is 22.7. The van der Waals surface area contributed by atoms with Crippen molar-refractivity contribution in [2.75, 3.05) is 40.9 Å². The number of carboxylic acids is 1. The fourth-order valence-corrected chi connectivity index (χ4v) is 13.3. The molecule has 0 spiro atoms. The van der Waals surface area contributed by atoms with E-state index < -0.39 is 38.6 Å². The second kappa shape index (κ2) is 25.7. The molecule has 0 aromatic carbocycles. The van der Waals surface area contributed by atoms with Crippen molar-refractivity contribution < 1.29 is 47.2 Å². The van der Waals surface area contributed by atoms with Gasteiger partial charge in [-0.25, -0.2) is 9.36 Å². The van der Waals surface area contributed by atoms with Crippen LogP contribution in [0.4, 0.5) is 0 Å². The molecule has 6 unspecified atom stereocenters. The van der Waals surface area contributed by atoms with Gasteiger partial charge in [0.05, 0.1) is 33.9 Å². The van der Waals surface area contributed by atoms with Crippen LogP contribution in [0.2, 0.25) is 0 Å². The quantitative estimate of drug-likeness (QED) is 0.0230. The van der Waals surface area contributed by atoms with Crippen LogP contribution < -0.4 is 0 Å². The number of carbonyl (C=O) groups excluding carboxylic acids is 1. The highest BCUT2D eigenvalue weighted by Crippen LogP contribution is 2.67. The predicted molar refractivity (Wildman–Crippen MR) is 254 cm³/mol. The molecule has 63 heavy (non-hydrogen) atoms. The van der Waals surface area contributed by atoms with Crippen molar-refractivity contribution >= 4 is 19.8 Å². The molecule has 0 radical (unpaired) electrons. The van der Waals surface area contributed by atoms with Gasteiger partial charge in [0, 0.05) is 6.42 Å². The van der Waals surface area contributed by atoms with E-state index in [1.165, 1.54) is 108 Å². The highest BCUT2D eigenvalue weighted by atomic mass is 31.2. The number of carboxylic acid groups (broad SMARTS) is 1. The minimum Gasteiger partial charge on any atom is -0.478 e. The lowest BCUT2D eigenvalue weighted by Crippen LogP contribution is -2.51. The van der Waals surface area contributed by atoms with Crippen molar-refractivity contribution in [1.82, 2.24) is 0 Å². The molecular formula is C52H95NO9P+. The Kier molecular flexibility index (Phi) is 22.2. The van der Waals surface area contributed by atoms with E-state index in [4.69, 9.17) is 18.5 Å². The summed E-state index contributed by atoms with van der Waals surface area (Å²) in [5, 5.41) is 10.4. The number of nitrogens with zero attached hydrogens (tertiary/aromatic N) is 1. The van der Waals surface area contributed by atoms with Gasteiger partial charge in [-0.15, -0.1) is 0 Å². The Balaban J connectivity index is 1.36. The molecule has 0 aromatic heterocycles. The summed E-state index contributed by atoms with van der Waals surface area (Å²) >= 11 is 0. The Morgan fingerprint density at radius 3 is 2.06 bits per heavy atom. The summed E-state index contributed by atoms with van der Waals surface area (Å²) in [5.74, 6) is 2.43. The average Bonchev–Trinajstić information content (AvgIpc) is 3.57. The first-order valence-electron chi connectivity index (χ1n) is 26.0. The zero-order valence-corrected chi connectivity index (χ0v) is 42.6. The number of allylic oxidation sites excluding steroid dienone is 1. The Morgan fingerprint density at radius 1 is 0.825 bits per heavy atom. The van der Waals surface area contributed by atoms with Crippen molar-refractivity contribution in [3.63, 3.8) is 0 Å². The van der Waals surface area contributed by atoms with Crippen LogP contribution in [-0.4, -0.2) is 85.6 Å². The Labute approximate surface area is 385 Å². The molecule has 4 aliphatic carbocycles. The van der Waals surface area contributed by atoms with Gasteiger partial charge >= 0.3 is 19.8 Å². The number of fused-ring (bicyclic) bond motifs is 5. The van der Waals surface area contributed by atoms with Gasteiger partial charge in [0.1, 0.15) is 19.3 Å². The Morgan fingerprint density at radius 2 is 1.46 bits per heavy atom. The summed E-state index contributed by atoms with van der Waals surface area (Å²) < 4.78 is 36.5. The third kappa shape index (κ3) is 16.8. The summed E-state index contributed by atoms with van der Waals surface area (Å²) in [6.07, 6.45) is 27.2. The molecule has 4 aliphatic rings. The maximum atomic E-state index is 13.2. The number of ether oxygens (including phenoxy) is 2. The number of phosphoric acid groups is 1. The first-order valence-corrected chi connectivity index (χ1v) is 27.5. The molecule has 0 aliphatic heterocycles. The molecular weight excluding hydrogens is 814 g/mol. The monoisotopic (exact) mass is 909 g/mol. The highest BCUT2D eigenvalue weighted by Gasteiger charge is 2.59. The molecule has 0 amide bonds. The fourth-order valence-electron chi connectivity index (χ4n) is 12.6. The van der Waals surface area contributed by atoms with Gasteiger partial charge in [0.2, 0.25) is 6.10 Å². The lowest BCUT2D eigenvalue weighted by atomic mass is 9.47. The third-order valence-corrected chi connectivity index (χ3v) is 17.4. The molecule has 11 atom stereocenters. The van der Waals surface area contributed by atoms with Crippen molar-refractivity contribution in [1.29, 1.82) is 0 Å². The van der Waals surface area contributed by atoms with E-state index in [-0.39, 0.29) is 24.5 Å². The standard InChI is InChI=1S/C52H94NO9P/c1-10-11-12-13-14-15-16-17-18-19-20-21-22-26-48(54)62-49(50(55)56)47(38-60-63(57,58)59-36-35-53(7,8)9)61-42-31-33-51(5)41(37-42)27-28-43-45-30-29-44(40(4)25-23-24-39(2)3)52(45,6)34-32-46(43)51/h27,39-40,42-47,49H,10-26,28-38H2,1-9H3,(H-,55,56,57,58)/p+1/t40-,42?,43?,44-,45?,46?,47+,49?,51+,52-/m1/s1. The maximum absolute atomic E-state index is 13.2. The van der Waals surface area contributed by atoms with Gasteiger partial charge in [-0.1, -0.05) is 150 Å². The van der Waals surface area contributed by atoms with Gasteiger partial charge in [0.25, 0.3) is 0 Å². The van der Waals surface area contributed by atoms with Crippen LogP contribution in [0.15, 0.2) is 11.6 Å². The molecule has 3 saturated carbocycles. The number of unbranched alkanes of at least 4 members (excludes halogenated alkanes) is 12. The fraction of sp³-hybridized carbons (Fsp3) is 0.923. The van der Waals surface area contributed by atoms with Crippen LogP contribution in [0.3, 0.4) is 0 Å². The van der Waals surface area contributed by atoms with E-state index in [9.17, 15) is 24.2 Å². The number of hydrogen-bond acceptors (Lipinski definition) is 7. The van der Waals surface area contributed by atoms with Crippen LogP contribution in [0, 0.1) is 46.3 Å².